The highest BCUT2D eigenvalue weighted by Gasteiger charge is 2.40. The van der Waals surface area contributed by atoms with Crippen molar-refractivity contribution in [3.8, 4) is 78.4 Å². The van der Waals surface area contributed by atoms with Gasteiger partial charge in [0.05, 0.1) is 11.4 Å². The lowest BCUT2D eigenvalue weighted by atomic mass is 9.80. The van der Waals surface area contributed by atoms with Crippen LogP contribution in [0.4, 0.5) is 0 Å². The van der Waals surface area contributed by atoms with E-state index in [-0.39, 0.29) is 5.41 Å². The molecule has 10 aromatic rings. The molecule has 0 unspecified atom stereocenters. The number of rotatable bonds is 6. The van der Waals surface area contributed by atoms with E-state index in [1.807, 2.05) is 0 Å². The zero-order valence-electron chi connectivity index (χ0n) is 33.0. The van der Waals surface area contributed by atoms with Gasteiger partial charge in [-0.2, -0.15) is 0 Å². The molecule has 59 heavy (non-hydrogen) atoms. The molecule has 0 N–H and O–H groups in total. The Hall–Kier alpha value is -7.42. The van der Waals surface area contributed by atoms with Gasteiger partial charge in [-0.15, -0.1) is 0 Å². The number of hydrogen-bond donors (Lipinski definition) is 0. The molecule has 1 aliphatic rings. The van der Waals surface area contributed by atoms with Gasteiger partial charge in [-0.05, 0) is 114 Å². The zero-order valence-corrected chi connectivity index (χ0v) is 33.0. The van der Waals surface area contributed by atoms with Crippen molar-refractivity contribution in [2.24, 2.45) is 0 Å². The summed E-state index contributed by atoms with van der Waals surface area (Å²) in [5, 5.41) is 4.85. The number of fused-ring (bicyclic) bond motifs is 5. The van der Waals surface area contributed by atoms with Gasteiger partial charge in [0.1, 0.15) is 0 Å². The fraction of sp³-hybridized carbons (Fsp3) is 0.0526. The van der Waals surface area contributed by atoms with Crippen LogP contribution in [0.5, 0.6) is 0 Å². The molecule has 0 saturated carbocycles. The largest absolute Gasteiger partial charge is 0.228 e. The summed E-state index contributed by atoms with van der Waals surface area (Å²) in [6.07, 6.45) is 0. The molecule has 1 aliphatic carbocycles. The van der Waals surface area contributed by atoms with E-state index in [9.17, 15) is 0 Å². The number of hydrogen-bond acceptors (Lipinski definition) is 2. The highest BCUT2D eigenvalue weighted by atomic mass is 14.9. The molecule has 2 nitrogen and oxygen atoms in total. The Kier molecular flexibility index (Phi) is 8.20. The normalized spacial score (nSPS) is 12.7. The van der Waals surface area contributed by atoms with E-state index in [0.29, 0.717) is 0 Å². The second-order valence-electron chi connectivity index (χ2n) is 16.2. The van der Waals surface area contributed by atoms with Crippen LogP contribution in [-0.4, -0.2) is 9.97 Å². The SMILES string of the molecule is CC1(C)c2cc3ccccc3cc2-c2nc(-c3cccc(-c4cccc(-c5cc(-c6ccccc6)cc(-c6ccccc6)c5)c4)c3)nc(-c3cccc4ccccc34)c21. The van der Waals surface area contributed by atoms with Crippen molar-refractivity contribution in [1.82, 2.24) is 9.97 Å². The first kappa shape index (κ1) is 34.8. The number of nitrogens with zero attached hydrogens (tertiary/aromatic N) is 2. The summed E-state index contributed by atoms with van der Waals surface area (Å²) in [5.74, 6) is 0.726. The van der Waals surface area contributed by atoms with Gasteiger partial charge in [-0.25, -0.2) is 9.97 Å². The average molecular weight is 753 g/mol. The third-order valence-corrected chi connectivity index (χ3v) is 12.2. The average Bonchev–Trinajstić information content (AvgIpc) is 3.52. The molecule has 0 bridgehead atoms. The van der Waals surface area contributed by atoms with Crippen molar-refractivity contribution in [3.05, 3.63) is 217 Å². The molecule has 0 amide bonds. The van der Waals surface area contributed by atoms with Gasteiger partial charge in [0, 0.05) is 27.7 Å². The van der Waals surface area contributed by atoms with E-state index in [4.69, 9.17) is 9.97 Å². The molecular weight excluding hydrogens is 713 g/mol. The third-order valence-electron chi connectivity index (χ3n) is 12.2. The molecule has 0 aliphatic heterocycles. The molecule has 0 atom stereocenters. The van der Waals surface area contributed by atoms with Gasteiger partial charge in [-0.3, -0.25) is 0 Å². The van der Waals surface area contributed by atoms with E-state index >= 15 is 0 Å². The predicted octanol–water partition coefficient (Wildman–Crippen LogP) is 15.1. The fourth-order valence-corrected chi connectivity index (χ4v) is 9.20. The Morgan fingerprint density at radius 3 is 1.39 bits per heavy atom. The summed E-state index contributed by atoms with van der Waals surface area (Å²) in [7, 11) is 0. The van der Waals surface area contributed by atoms with E-state index < -0.39 is 0 Å². The third kappa shape index (κ3) is 6.04. The van der Waals surface area contributed by atoms with Crippen LogP contribution >= 0.6 is 0 Å². The summed E-state index contributed by atoms with van der Waals surface area (Å²) in [6.45, 7) is 4.66. The second-order valence-corrected chi connectivity index (χ2v) is 16.2. The van der Waals surface area contributed by atoms with Crippen LogP contribution in [0.25, 0.3) is 100.0 Å². The van der Waals surface area contributed by atoms with Gasteiger partial charge in [-0.1, -0.05) is 178 Å². The van der Waals surface area contributed by atoms with Crippen molar-refractivity contribution >= 4 is 21.5 Å². The molecule has 2 heteroatoms. The van der Waals surface area contributed by atoms with E-state index in [1.165, 1.54) is 71.6 Å². The quantitative estimate of drug-likeness (QED) is 0.169. The van der Waals surface area contributed by atoms with Crippen LogP contribution < -0.4 is 0 Å². The standard InChI is InChI=1S/C57H40N2/c1-57(2)52-36-44-22-10-9-21-43(44)35-51(52)55-53(57)54(50-29-15-23-39-20-11-12-28-49(39)50)58-56(59-55)45-27-14-25-41(31-45)40-24-13-26-42(30-40)48-33-46(37-16-5-3-6-17-37)32-47(34-48)38-18-7-4-8-19-38/h3-36H,1-2H3. The van der Waals surface area contributed by atoms with Gasteiger partial charge in [0.15, 0.2) is 5.82 Å². The van der Waals surface area contributed by atoms with Gasteiger partial charge >= 0.3 is 0 Å². The molecule has 0 radical (unpaired) electrons. The minimum atomic E-state index is -0.306. The molecule has 278 valence electrons. The fourth-order valence-electron chi connectivity index (χ4n) is 9.20. The number of aromatic nitrogens is 2. The van der Waals surface area contributed by atoms with Gasteiger partial charge < -0.3 is 0 Å². The van der Waals surface area contributed by atoms with Crippen molar-refractivity contribution in [2.45, 2.75) is 19.3 Å². The second kappa shape index (κ2) is 13.9. The van der Waals surface area contributed by atoms with Crippen molar-refractivity contribution in [3.63, 3.8) is 0 Å². The van der Waals surface area contributed by atoms with Gasteiger partial charge in [0.2, 0.25) is 0 Å². The highest BCUT2D eigenvalue weighted by molar-refractivity contribution is 6.00. The minimum absolute atomic E-state index is 0.306. The van der Waals surface area contributed by atoms with Crippen LogP contribution in [0.1, 0.15) is 25.0 Å². The van der Waals surface area contributed by atoms with Crippen LogP contribution in [0.15, 0.2) is 206 Å². The van der Waals surface area contributed by atoms with Crippen molar-refractivity contribution in [1.29, 1.82) is 0 Å². The van der Waals surface area contributed by atoms with E-state index in [0.717, 1.165) is 39.5 Å². The summed E-state index contributed by atoms with van der Waals surface area (Å²) < 4.78 is 0. The lowest BCUT2D eigenvalue weighted by molar-refractivity contribution is 0.658. The summed E-state index contributed by atoms with van der Waals surface area (Å²) in [6, 6.07) is 74.4. The molecule has 0 saturated heterocycles. The maximum Gasteiger partial charge on any atom is 0.160 e. The first-order valence-corrected chi connectivity index (χ1v) is 20.4. The lowest BCUT2D eigenvalue weighted by Gasteiger charge is -2.24. The first-order chi connectivity index (χ1) is 29.0. The predicted molar refractivity (Wildman–Crippen MR) is 247 cm³/mol. The van der Waals surface area contributed by atoms with Crippen LogP contribution in [0.3, 0.4) is 0 Å². The summed E-state index contributed by atoms with van der Waals surface area (Å²) >= 11 is 0. The molecule has 1 heterocycles. The highest BCUT2D eigenvalue weighted by Crippen LogP contribution is 2.53. The van der Waals surface area contributed by atoms with Crippen molar-refractivity contribution in [2.75, 3.05) is 0 Å². The number of benzene rings is 9. The molecule has 0 spiro atoms. The van der Waals surface area contributed by atoms with Crippen LogP contribution in [0.2, 0.25) is 0 Å². The molecule has 1 aromatic heterocycles. The molecular formula is C57H40N2. The van der Waals surface area contributed by atoms with Crippen LogP contribution in [0, 0.1) is 0 Å². The first-order valence-electron chi connectivity index (χ1n) is 20.4. The summed E-state index contributed by atoms with van der Waals surface area (Å²) in [5.41, 5.74) is 16.9. The van der Waals surface area contributed by atoms with E-state index in [1.54, 1.807) is 0 Å². The maximum atomic E-state index is 5.55. The van der Waals surface area contributed by atoms with Gasteiger partial charge in [0.25, 0.3) is 0 Å². The Morgan fingerprint density at radius 2 is 0.746 bits per heavy atom. The Labute approximate surface area is 345 Å². The Morgan fingerprint density at radius 1 is 0.322 bits per heavy atom. The van der Waals surface area contributed by atoms with E-state index in [2.05, 4.69) is 220 Å². The zero-order chi connectivity index (χ0) is 39.5. The lowest BCUT2D eigenvalue weighted by Crippen LogP contribution is -2.17. The summed E-state index contributed by atoms with van der Waals surface area (Å²) in [4.78, 5) is 11.0. The van der Waals surface area contributed by atoms with Crippen LogP contribution in [-0.2, 0) is 5.41 Å². The molecule has 0 fully saturated rings. The smallest absolute Gasteiger partial charge is 0.160 e. The Bertz CT molecular complexity index is 3170. The Balaban J connectivity index is 1.06. The minimum Gasteiger partial charge on any atom is -0.228 e. The topological polar surface area (TPSA) is 25.8 Å². The maximum absolute atomic E-state index is 5.55. The molecule has 9 aromatic carbocycles. The van der Waals surface area contributed by atoms with Crippen molar-refractivity contribution < 1.29 is 0 Å². The molecule has 11 rings (SSSR count). The monoisotopic (exact) mass is 752 g/mol.